The molecule has 3 heterocycles. The van der Waals surface area contributed by atoms with Crippen molar-refractivity contribution in [1.82, 2.24) is 14.5 Å². The number of rotatable bonds is 4. The Morgan fingerprint density at radius 2 is 1.96 bits per heavy atom. The fraction of sp³-hybridized carbons (Fsp3) is 0.250. The normalized spacial score (nSPS) is 14.3. The van der Waals surface area contributed by atoms with Crippen molar-refractivity contribution in [2.75, 3.05) is 36.9 Å². The predicted octanol–water partition coefficient (Wildman–Crippen LogP) is 2.32. The highest BCUT2D eigenvalue weighted by molar-refractivity contribution is 6.14. The molecule has 2 aromatic heterocycles. The molecule has 0 unspecified atom stereocenters. The van der Waals surface area contributed by atoms with E-state index < -0.39 is 0 Å². The minimum atomic E-state index is 0.377. The average molecular weight is 362 g/mol. The SMILES string of the molecule is Cn1cnc(-c2ccc(N)c(C(=N)c3ccnc(N4CCOCC4)c3)c2)c1. The van der Waals surface area contributed by atoms with Crippen molar-refractivity contribution in [3.05, 3.63) is 60.2 Å². The van der Waals surface area contributed by atoms with Gasteiger partial charge in [0.15, 0.2) is 0 Å². The van der Waals surface area contributed by atoms with Crippen molar-refractivity contribution >= 4 is 17.2 Å². The van der Waals surface area contributed by atoms with Gasteiger partial charge in [0.1, 0.15) is 5.82 Å². The third-order valence-electron chi connectivity index (χ3n) is 4.69. The van der Waals surface area contributed by atoms with Crippen LogP contribution in [0.2, 0.25) is 0 Å². The number of nitrogens with one attached hydrogen (secondary N) is 1. The van der Waals surface area contributed by atoms with Crippen molar-refractivity contribution in [2.45, 2.75) is 0 Å². The number of aryl methyl sites for hydroxylation is 1. The number of nitrogens with zero attached hydrogens (tertiary/aromatic N) is 4. The maximum Gasteiger partial charge on any atom is 0.129 e. The first-order chi connectivity index (χ1) is 13.1. The summed E-state index contributed by atoms with van der Waals surface area (Å²) in [6.07, 6.45) is 5.45. The van der Waals surface area contributed by atoms with Gasteiger partial charge in [-0.2, -0.15) is 0 Å². The molecular weight excluding hydrogens is 340 g/mol. The molecule has 1 aromatic carbocycles. The third-order valence-corrected chi connectivity index (χ3v) is 4.69. The van der Waals surface area contributed by atoms with Crippen LogP contribution >= 0.6 is 0 Å². The predicted molar refractivity (Wildman–Crippen MR) is 106 cm³/mol. The third kappa shape index (κ3) is 3.54. The van der Waals surface area contributed by atoms with Crippen LogP contribution in [0.1, 0.15) is 11.1 Å². The van der Waals surface area contributed by atoms with E-state index in [1.807, 2.05) is 48.1 Å². The second-order valence-electron chi connectivity index (χ2n) is 6.60. The number of pyridine rings is 1. The van der Waals surface area contributed by atoms with Gasteiger partial charge < -0.3 is 19.9 Å². The molecule has 0 saturated carbocycles. The van der Waals surface area contributed by atoms with Crippen LogP contribution in [0.3, 0.4) is 0 Å². The molecule has 138 valence electrons. The number of imidazole rings is 1. The van der Waals surface area contributed by atoms with Crippen LogP contribution in [0.25, 0.3) is 11.3 Å². The molecule has 4 rings (SSSR count). The number of morpholine rings is 1. The van der Waals surface area contributed by atoms with Crippen LogP contribution in [0.15, 0.2) is 49.1 Å². The smallest absolute Gasteiger partial charge is 0.129 e. The minimum Gasteiger partial charge on any atom is -0.398 e. The Balaban J connectivity index is 1.66. The van der Waals surface area contributed by atoms with Gasteiger partial charge >= 0.3 is 0 Å². The molecule has 1 saturated heterocycles. The van der Waals surface area contributed by atoms with Gasteiger partial charge in [0.25, 0.3) is 0 Å². The maximum absolute atomic E-state index is 8.71. The van der Waals surface area contributed by atoms with Gasteiger partial charge in [-0.05, 0) is 24.3 Å². The van der Waals surface area contributed by atoms with Gasteiger partial charge in [-0.1, -0.05) is 6.07 Å². The molecule has 0 radical (unpaired) electrons. The van der Waals surface area contributed by atoms with Crippen LogP contribution in [0, 0.1) is 5.41 Å². The average Bonchev–Trinajstić information content (AvgIpc) is 3.15. The Labute approximate surface area is 157 Å². The van der Waals surface area contributed by atoms with E-state index in [-0.39, 0.29) is 0 Å². The summed E-state index contributed by atoms with van der Waals surface area (Å²) in [5.74, 6) is 0.861. The first kappa shape index (κ1) is 17.2. The van der Waals surface area contributed by atoms with Crippen molar-refractivity contribution in [3.8, 4) is 11.3 Å². The molecule has 1 fully saturated rings. The van der Waals surface area contributed by atoms with Crippen LogP contribution in [0.5, 0.6) is 0 Å². The summed E-state index contributed by atoms with van der Waals surface area (Å²) < 4.78 is 7.30. The zero-order valence-corrected chi connectivity index (χ0v) is 15.2. The number of hydrogen-bond acceptors (Lipinski definition) is 6. The second kappa shape index (κ2) is 7.20. The number of aromatic nitrogens is 3. The van der Waals surface area contributed by atoms with E-state index in [9.17, 15) is 0 Å². The number of nitrogens with two attached hydrogens (primary N) is 1. The molecule has 7 heteroatoms. The van der Waals surface area contributed by atoms with Crippen LogP contribution < -0.4 is 10.6 Å². The standard InChI is InChI=1S/C20H22N6O/c1-25-12-18(24-13-25)14-2-3-17(21)16(10-14)20(22)15-4-5-23-19(11-15)26-6-8-27-9-7-26/h2-5,10-13,22H,6-9,21H2,1H3. The highest BCUT2D eigenvalue weighted by Gasteiger charge is 2.16. The first-order valence-electron chi connectivity index (χ1n) is 8.88. The molecule has 0 bridgehead atoms. The summed E-state index contributed by atoms with van der Waals surface area (Å²) >= 11 is 0. The number of ether oxygens (including phenoxy) is 1. The fourth-order valence-electron chi connectivity index (χ4n) is 3.19. The topological polar surface area (TPSA) is 93.0 Å². The molecule has 3 aromatic rings. The number of benzene rings is 1. The number of anilines is 2. The van der Waals surface area contributed by atoms with Gasteiger partial charge in [-0.3, -0.25) is 5.41 Å². The Bertz CT molecular complexity index is 974. The second-order valence-corrected chi connectivity index (χ2v) is 6.60. The monoisotopic (exact) mass is 362 g/mol. The molecule has 0 atom stereocenters. The van der Waals surface area contributed by atoms with E-state index in [4.69, 9.17) is 15.9 Å². The van der Waals surface area contributed by atoms with E-state index in [0.29, 0.717) is 30.2 Å². The van der Waals surface area contributed by atoms with Gasteiger partial charge in [0, 0.05) is 54.9 Å². The maximum atomic E-state index is 8.71. The summed E-state index contributed by atoms with van der Waals surface area (Å²) in [5, 5.41) is 8.71. The van der Waals surface area contributed by atoms with E-state index in [1.54, 1.807) is 12.5 Å². The molecule has 0 amide bonds. The van der Waals surface area contributed by atoms with E-state index >= 15 is 0 Å². The molecular formula is C20H22N6O. The summed E-state index contributed by atoms with van der Waals surface area (Å²) in [6.45, 7) is 3.01. The lowest BCUT2D eigenvalue weighted by molar-refractivity contribution is 0.122. The highest BCUT2D eigenvalue weighted by Crippen LogP contribution is 2.25. The van der Waals surface area contributed by atoms with Gasteiger partial charge in [0.2, 0.25) is 0 Å². The molecule has 7 nitrogen and oxygen atoms in total. The van der Waals surface area contributed by atoms with Gasteiger partial charge in [-0.15, -0.1) is 0 Å². The van der Waals surface area contributed by atoms with Crippen LogP contribution in [0.4, 0.5) is 11.5 Å². The van der Waals surface area contributed by atoms with E-state index in [2.05, 4.69) is 14.9 Å². The summed E-state index contributed by atoms with van der Waals surface area (Å²) in [4.78, 5) is 11.0. The lowest BCUT2D eigenvalue weighted by Gasteiger charge is -2.28. The molecule has 1 aliphatic heterocycles. The molecule has 27 heavy (non-hydrogen) atoms. The quantitative estimate of drug-likeness (QED) is 0.549. The van der Waals surface area contributed by atoms with Crippen molar-refractivity contribution in [2.24, 2.45) is 7.05 Å². The summed E-state index contributed by atoms with van der Waals surface area (Å²) in [5.41, 5.74) is 10.4. The Morgan fingerprint density at radius 1 is 1.15 bits per heavy atom. The molecule has 3 N–H and O–H groups in total. The number of hydrogen-bond donors (Lipinski definition) is 2. The van der Waals surface area contributed by atoms with Crippen LogP contribution in [-0.2, 0) is 11.8 Å². The van der Waals surface area contributed by atoms with Gasteiger partial charge in [0.05, 0.1) is 30.9 Å². The summed E-state index contributed by atoms with van der Waals surface area (Å²) in [6, 6.07) is 9.48. The first-order valence-corrected chi connectivity index (χ1v) is 8.88. The molecule has 0 spiro atoms. The van der Waals surface area contributed by atoms with E-state index in [0.717, 1.165) is 35.7 Å². The van der Waals surface area contributed by atoms with Crippen molar-refractivity contribution in [3.63, 3.8) is 0 Å². The lowest BCUT2D eigenvalue weighted by atomic mass is 9.98. The van der Waals surface area contributed by atoms with Crippen molar-refractivity contribution < 1.29 is 4.74 Å². The minimum absolute atomic E-state index is 0.377. The summed E-state index contributed by atoms with van der Waals surface area (Å²) in [7, 11) is 1.93. The zero-order valence-electron chi connectivity index (χ0n) is 15.2. The Morgan fingerprint density at radius 3 is 2.70 bits per heavy atom. The Hall–Kier alpha value is -3.19. The van der Waals surface area contributed by atoms with Gasteiger partial charge in [-0.25, -0.2) is 9.97 Å². The lowest BCUT2D eigenvalue weighted by Crippen LogP contribution is -2.36. The molecule has 0 aliphatic carbocycles. The van der Waals surface area contributed by atoms with Crippen molar-refractivity contribution in [1.29, 1.82) is 5.41 Å². The fourth-order valence-corrected chi connectivity index (χ4v) is 3.19. The van der Waals surface area contributed by atoms with Crippen LogP contribution in [-0.4, -0.2) is 46.6 Å². The Kier molecular flexibility index (Phi) is 4.60. The number of nitrogen functional groups attached to an aromatic ring is 1. The largest absolute Gasteiger partial charge is 0.398 e. The van der Waals surface area contributed by atoms with E-state index in [1.165, 1.54) is 0 Å². The highest BCUT2D eigenvalue weighted by atomic mass is 16.5. The zero-order chi connectivity index (χ0) is 18.8. The molecule has 1 aliphatic rings.